The summed E-state index contributed by atoms with van der Waals surface area (Å²) in [6, 6.07) is 4.67. The smallest absolute Gasteiger partial charge is 0.169 e. The lowest BCUT2D eigenvalue weighted by Crippen LogP contribution is -2.41. The molecule has 96 valence electrons. The third-order valence-electron chi connectivity index (χ3n) is 3.62. The summed E-state index contributed by atoms with van der Waals surface area (Å²) in [6.07, 6.45) is 5.78. The highest BCUT2D eigenvalue weighted by Crippen LogP contribution is 2.27. The molecule has 1 aliphatic carbocycles. The van der Waals surface area contributed by atoms with Crippen LogP contribution in [0.1, 0.15) is 38.2 Å². The van der Waals surface area contributed by atoms with Gasteiger partial charge in [0.2, 0.25) is 0 Å². The first-order valence-electron chi connectivity index (χ1n) is 6.50. The Bertz CT molecular complexity index is 431. The second-order valence-electron chi connectivity index (χ2n) is 4.73. The Morgan fingerprint density at radius 3 is 2.78 bits per heavy atom. The summed E-state index contributed by atoms with van der Waals surface area (Å²) in [7, 11) is 0. The molecule has 0 unspecified atom stereocenters. The molecule has 1 heterocycles. The average molecular weight is 245 g/mol. The van der Waals surface area contributed by atoms with Crippen molar-refractivity contribution in [1.82, 2.24) is 10.2 Å². The minimum Gasteiger partial charge on any atom is -0.351 e. The molecule has 0 saturated heterocycles. The molecule has 5 nitrogen and oxygen atoms in total. The molecule has 1 aromatic heterocycles. The number of hydrogen-bond donors (Lipinski definition) is 1. The third-order valence-corrected chi connectivity index (χ3v) is 3.62. The number of nitrogens with zero attached hydrogens (tertiary/aromatic N) is 4. The number of anilines is 1. The first-order chi connectivity index (χ1) is 8.76. The lowest BCUT2D eigenvalue weighted by Gasteiger charge is -2.36. The Labute approximate surface area is 108 Å². The predicted octanol–water partition coefficient (Wildman–Crippen LogP) is 1.44. The summed E-state index contributed by atoms with van der Waals surface area (Å²) in [5.41, 5.74) is 6.53. The van der Waals surface area contributed by atoms with Gasteiger partial charge in [0.1, 0.15) is 6.07 Å². The van der Waals surface area contributed by atoms with Crippen LogP contribution in [0.4, 0.5) is 5.82 Å². The summed E-state index contributed by atoms with van der Waals surface area (Å²) in [6.45, 7) is 2.93. The summed E-state index contributed by atoms with van der Waals surface area (Å²) in [4.78, 5) is 2.19. The fourth-order valence-corrected chi connectivity index (χ4v) is 2.62. The first-order valence-corrected chi connectivity index (χ1v) is 6.50. The van der Waals surface area contributed by atoms with E-state index in [1.54, 1.807) is 12.3 Å². The van der Waals surface area contributed by atoms with Gasteiger partial charge in [-0.2, -0.15) is 10.4 Å². The summed E-state index contributed by atoms with van der Waals surface area (Å²) in [5.74, 6) is 0.711. The lowest BCUT2D eigenvalue weighted by molar-refractivity contribution is 0.376. The van der Waals surface area contributed by atoms with Gasteiger partial charge in [0.15, 0.2) is 5.82 Å². The molecule has 1 aromatic rings. The minimum absolute atomic E-state index is 0.331. The van der Waals surface area contributed by atoms with Crippen LogP contribution in [0, 0.1) is 11.3 Å². The van der Waals surface area contributed by atoms with Crippen molar-refractivity contribution < 1.29 is 0 Å². The number of rotatable bonds is 3. The van der Waals surface area contributed by atoms with Gasteiger partial charge in [-0.15, -0.1) is 5.10 Å². The van der Waals surface area contributed by atoms with Crippen molar-refractivity contribution in [2.75, 3.05) is 11.4 Å². The Morgan fingerprint density at radius 1 is 1.44 bits per heavy atom. The first kappa shape index (κ1) is 12.8. The summed E-state index contributed by atoms with van der Waals surface area (Å²) >= 11 is 0. The van der Waals surface area contributed by atoms with Gasteiger partial charge >= 0.3 is 0 Å². The van der Waals surface area contributed by atoms with E-state index in [0.717, 1.165) is 32.2 Å². The fraction of sp³-hybridized carbons (Fsp3) is 0.615. The number of nitriles is 1. The SMILES string of the molecule is CCN(c1nnccc1C#N)C1CCC(N)CC1. The van der Waals surface area contributed by atoms with Gasteiger partial charge in [0.05, 0.1) is 11.8 Å². The van der Waals surface area contributed by atoms with Gasteiger partial charge in [-0.1, -0.05) is 0 Å². The van der Waals surface area contributed by atoms with E-state index in [1.165, 1.54) is 0 Å². The van der Waals surface area contributed by atoms with Crippen LogP contribution in [0.5, 0.6) is 0 Å². The van der Waals surface area contributed by atoms with Crippen LogP contribution in [-0.2, 0) is 0 Å². The lowest BCUT2D eigenvalue weighted by atomic mass is 9.90. The van der Waals surface area contributed by atoms with Crippen molar-refractivity contribution in [3.63, 3.8) is 0 Å². The molecular weight excluding hydrogens is 226 g/mol. The van der Waals surface area contributed by atoms with Crippen LogP contribution in [0.15, 0.2) is 12.3 Å². The largest absolute Gasteiger partial charge is 0.351 e. The number of nitrogens with two attached hydrogens (primary N) is 1. The van der Waals surface area contributed by atoms with E-state index >= 15 is 0 Å². The molecular formula is C13H19N5. The third kappa shape index (κ3) is 2.59. The highest BCUT2D eigenvalue weighted by molar-refractivity contribution is 5.53. The second-order valence-corrected chi connectivity index (χ2v) is 4.73. The molecule has 1 aliphatic rings. The number of aromatic nitrogens is 2. The predicted molar refractivity (Wildman–Crippen MR) is 70.0 cm³/mol. The van der Waals surface area contributed by atoms with E-state index < -0.39 is 0 Å². The molecule has 0 aliphatic heterocycles. The maximum Gasteiger partial charge on any atom is 0.169 e. The highest BCUT2D eigenvalue weighted by Gasteiger charge is 2.25. The van der Waals surface area contributed by atoms with E-state index in [9.17, 15) is 0 Å². The van der Waals surface area contributed by atoms with Crippen LogP contribution >= 0.6 is 0 Å². The van der Waals surface area contributed by atoms with Crippen molar-refractivity contribution in [3.05, 3.63) is 17.8 Å². The van der Waals surface area contributed by atoms with Crippen molar-refractivity contribution in [2.45, 2.75) is 44.7 Å². The van der Waals surface area contributed by atoms with E-state index in [4.69, 9.17) is 11.0 Å². The van der Waals surface area contributed by atoms with Gasteiger partial charge in [-0.25, -0.2) is 0 Å². The van der Waals surface area contributed by atoms with E-state index in [-0.39, 0.29) is 0 Å². The van der Waals surface area contributed by atoms with Crippen molar-refractivity contribution in [3.8, 4) is 6.07 Å². The molecule has 1 saturated carbocycles. The molecule has 1 fully saturated rings. The fourth-order valence-electron chi connectivity index (χ4n) is 2.62. The van der Waals surface area contributed by atoms with Gasteiger partial charge in [-0.3, -0.25) is 0 Å². The molecule has 18 heavy (non-hydrogen) atoms. The molecule has 0 aromatic carbocycles. The second kappa shape index (κ2) is 5.78. The van der Waals surface area contributed by atoms with Crippen molar-refractivity contribution >= 4 is 5.82 Å². The van der Waals surface area contributed by atoms with Crippen molar-refractivity contribution in [1.29, 1.82) is 5.26 Å². The van der Waals surface area contributed by atoms with Gasteiger partial charge in [-0.05, 0) is 38.7 Å². The zero-order chi connectivity index (χ0) is 13.0. The van der Waals surface area contributed by atoms with Crippen LogP contribution in [-0.4, -0.2) is 28.8 Å². The highest BCUT2D eigenvalue weighted by atomic mass is 15.3. The van der Waals surface area contributed by atoms with Gasteiger partial charge in [0.25, 0.3) is 0 Å². The standard InChI is InChI=1S/C13H19N5/c1-2-18(12-5-3-11(15)4-6-12)13-10(9-14)7-8-16-17-13/h7-8,11-12H,2-6,15H2,1H3. The van der Waals surface area contributed by atoms with Gasteiger partial charge < -0.3 is 10.6 Å². The van der Waals surface area contributed by atoms with E-state index in [2.05, 4.69) is 28.1 Å². The maximum atomic E-state index is 9.14. The minimum atomic E-state index is 0.331. The molecule has 5 heteroatoms. The summed E-state index contributed by atoms with van der Waals surface area (Å²) in [5, 5.41) is 17.2. The topological polar surface area (TPSA) is 78.8 Å². The Morgan fingerprint density at radius 2 is 2.17 bits per heavy atom. The normalized spacial score (nSPS) is 23.4. The van der Waals surface area contributed by atoms with E-state index in [1.807, 2.05) is 0 Å². The molecule has 0 amide bonds. The van der Waals surface area contributed by atoms with Crippen LogP contribution in [0.2, 0.25) is 0 Å². The zero-order valence-electron chi connectivity index (χ0n) is 10.7. The zero-order valence-corrected chi connectivity index (χ0v) is 10.7. The van der Waals surface area contributed by atoms with Crippen LogP contribution in [0.3, 0.4) is 0 Å². The molecule has 2 rings (SSSR count). The Hall–Kier alpha value is -1.67. The molecule has 2 N–H and O–H groups in total. The van der Waals surface area contributed by atoms with Crippen molar-refractivity contribution in [2.24, 2.45) is 5.73 Å². The number of hydrogen-bond acceptors (Lipinski definition) is 5. The Balaban J connectivity index is 2.20. The quantitative estimate of drug-likeness (QED) is 0.871. The van der Waals surface area contributed by atoms with E-state index in [0.29, 0.717) is 23.5 Å². The Kier molecular flexibility index (Phi) is 4.11. The van der Waals surface area contributed by atoms with Crippen LogP contribution < -0.4 is 10.6 Å². The molecule has 0 bridgehead atoms. The molecule has 0 atom stereocenters. The van der Waals surface area contributed by atoms with Gasteiger partial charge in [0, 0.05) is 18.6 Å². The monoisotopic (exact) mass is 245 g/mol. The molecule has 0 radical (unpaired) electrons. The maximum absolute atomic E-state index is 9.14. The molecule has 0 spiro atoms. The van der Waals surface area contributed by atoms with Crippen LogP contribution in [0.25, 0.3) is 0 Å². The summed E-state index contributed by atoms with van der Waals surface area (Å²) < 4.78 is 0. The average Bonchev–Trinajstić information content (AvgIpc) is 2.42.